The fraction of sp³-hybridized carbons (Fsp3) is 0.231. The van der Waals surface area contributed by atoms with Gasteiger partial charge in [-0.2, -0.15) is 5.26 Å². The Morgan fingerprint density at radius 3 is 2.79 bits per heavy atom. The SMILES string of the molecule is CCOC(=O)/C(=C/c1ccccc1[N+](=O)[O-])CC#N. The van der Waals surface area contributed by atoms with Gasteiger partial charge in [0.2, 0.25) is 0 Å². The molecule has 0 amide bonds. The van der Waals surface area contributed by atoms with Crippen LogP contribution in [0.5, 0.6) is 0 Å². The smallest absolute Gasteiger partial charge is 0.335 e. The number of benzene rings is 1. The topological polar surface area (TPSA) is 93.2 Å². The van der Waals surface area contributed by atoms with E-state index >= 15 is 0 Å². The molecule has 0 spiro atoms. The molecule has 1 aromatic rings. The highest BCUT2D eigenvalue weighted by molar-refractivity contribution is 5.94. The molecule has 0 unspecified atom stereocenters. The van der Waals surface area contributed by atoms with Crippen LogP contribution in [0.25, 0.3) is 6.08 Å². The summed E-state index contributed by atoms with van der Waals surface area (Å²) < 4.78 is 4.80. The number of carbonyl (C=O) groups excluding carboxylic acids is 1. The second kappa shape index (κ2) is 6.91. The average molecular weight is 260 g/mol. The molecular weight excluding hydrogens is 248 g/mol. The molecule has 0 aliphatic rings. The summed E-state index contributed by atoms with van der Waals surface area (Å²) in [4.78, 5) is 21.9. The van der Waals surface area contributed by atoms with E-state index in [-0.39, 0.29) is 29.9 Å². The van der Waals surface area contributed by atoms with Crippen molar-refractivity contribution >= 4 is 17.7 Å². The van der Waals surface area contributed by atoms with Crippen molar-refractivity contribution in [2.24, 2.45) is 0 Å². The van der Waals surface area contributed by atoms with Crippen LogP contribution < -0.4 is 0 Å². The number of esters is 1. The van der Waals surface area contributed by atoms with Crippen molar-refractivity contribution in [3.8, 4) is 6.07 Å². The fourth-order valence-electron chi connectivity index (χ4n) is 1.45. The van der Waals surface area contributed by atoms with Gasteiger partial charge in [-0.25, -0.2) is 4.79 Å². The summed E-state index contributed by atoms with van der Waals surface area (Å²) in [6, 6.07) is 7.83. The molecule has 6 nitrogen and oxygen atoms in total. The lowest BCUT2D eigenvalue weighted by molar-refractivity contribution is -0.385. The standard InChI is InChI=1S/C13H12N2O4/c1-2-19-13(16)11(7-8-14)9-10-5-3-4-6-12(10)15(17)18/h3-6,9H,2,7H2,1H3/b11-9+. The van der Waals surface area contributed by atoms with Gasteiger partial charge in [-0.05, 0) is 19.1 Å². The van der Waals surface area contributed by atoms with Crippen LogP contribution in [-0.2, 0) is 9.53 Å². The molecule has 0 saturated carbocycles. The van der Waals surface area contributed by atoms with Gasteiger partial charge in [0, 0.05) is 6.07 Å². The van der Waals surface area contributed by atoms with E-state index in [4.69, 9.17) is 10.00 Å². The number of hydrogen-bond acceptors (Lipinski definition) is 5. The molecule has 0 aromatic heterocycles. The Morgan fingerprint density at radius 2 is 2.21 bits per heavy atom. The van der Waals surface area contributed by atoms with Crippen molar-refractivity contribution in [2.45, 2.75) is 13.3 Å². The monoisotopic (exact) mass is 260 g/mol. The molecule has 0 aliphatic heterocycles. The van der Waals surface area contributed by atoms with Crippen LogP contribution in [0.1, 0.15) is 18.9 Å². The minimum atomic E-state index is -0.637. The van der Waals surface area contributed by atoms with E-state index in [0.717, 1.165) is 0 Å². The van der Waals surface area contributed by atoms with E-state index in [1.807, 2.05) is 6.07 Å². The van der Waals surface area contributed by atoms with Gasteiger partial charge in [-0.3, -0.25) is 10.1 Å². The third kappa shape index (κ3) is 3.92. The Morgan fingerprint density at radius 1 is 1.53 bits per heavy atom. The lowest BCUT2D eigenvalue weighted by Crippen LogP contribution is -2.07. The van der Waals surface area contributed by atoms with E-state index < -0.39 is 10.9 Å². The van der Waals surface area contributed by atoms with Crippen LogP contribution in [-0.4, -0.2) is 17.5 Å². The predicted molar refractivity (Wildman–Crippen MR) is 67.9 cm³/mol. The highest BCUT2D eigenvalue weighted by Gasteiger charge is 2.15. The van der Waals surface area contributed by atoms with E-state index in [2.05, 4.69) is 0 Å². The van der Waals surface area contributed by atoms with Gasteiger partial charge in [0.15, 0.2) is 0 Å². The lowest BCUT2D eigenvalue weighted by atomic mass is 10.1. The van der Waals surface area contributed by atoms with E-state index in [1.165, 1.54) is 24.3 Å². The molecule has 0 fully saturated rings. The number of rotatable bonds is 5. The van der Waals surface area contributed by atoms with Crippen molar-refractivity contribution in [1.29, 1.82) is 5.26 Å². The fourth-order valence-corrected chi connectivity index (χ4v) is 1.45. The second-order valence-electron chi connectivity index (χ2n) is 3.54. The highest BCUT2D eigenvalue weighted by Crippen LogP contribution is 2.21. The predicted octanol–water partition coefficient (Wildman–Crippen LogP) is 2.45. The zero-order valence-electron chi connectivity index (χ0n) is 10.3. The summed E-state index contributed by atoms with van der Waals surface area (Å²) in [5.74, 6) is -0.637. The maximum Gasteiger partial charge on any atom is 0.335 e. The van der Waals surface area contributed by atoms with Gasteiger partial charge in [0.05, 0.1) is 35.2 Å². The Bertz CT molecular complexity index is 558. The average Bonchev–Trinajstić information content (AvgIpc) is 2.39. The van der Waals surface area contributed by atoms with Gasteiger partial charge in [0.1, 0.15) is 0 Å². The minimum absolute atomic E-state index is 0.0960. The third-order valence-electron chi connectivity index (χ3n) is 2.27. The molecule has 1 aromatic carbocycles. The first-order valence-electron chi connectivity index (χ1n) is 5.58. The maximum atomic E-state index is 11.6. The molecule has 6 heteroatoms. The molecule has 0 bridgehead atoms. The molecule has 0 saturated heterocycles. The van der Waals surface area contributed by atoms with E-state index in [0.29, 0.717) is 0 Å². The summed E-state index contributed by atoms with van der Waals surface area (Å²) in [5, 5.41) is 19.5. The van der Waals surface area contributed by atoms with Gasteiger partial charge in [0.25, 0.3) is 5.69 Å². The summed E-state index contributed by atoms with van der Waals surface area (Å²) in [6.07, 6.45) is 1.16. The molecule has 1 rings (SSSR count). The molecule has 0 heterocycles. The van der Waals surface area contributed by atoms with Crippen LogP contribution in [0.3, 0.4) is 0 Å². The zero-order chi connectivity index (χ0) is 14.3. The number of nitro benzene ring substituents is 1. The van der Waals surface area contributed by atoms with Gasteiger partial charge >= 0.3 is 5.97 Å². The molecule has 0 aliphatic carbocycles. The number of para-hydroxylation sites is 1. The van der Waals surface area contributed by atoms with Crippen LogP contribution in [0.2, 0.25) is 0 Å². The minimum Gasteiger partial charge on any atom is -0.463 e. The second-order valence-corrected chi connectivity index (χ2v) is 3.54. The highest BCUT2D eigenvalue weighted by atomic mass is 16.6. The Hall–Kier alpha value is -2.68. The van der Waals surface area contributed by atoms with Gasteiger partial charge < -0.3 is 4.74 Å². The van der Waals surface area contributed by atoms with Crippen molar-refractivity contribution in [2.75, 3.05) is 6.61 Å². The number of nitro groups is 1. The molecule has 0 N–H and O–H groups in total. The van der Waals surface area contributed by atoms with Crippen molar-refractivity contribution in [1.82, 2.24) is 0 Å². The number of carbonyl (C=O) groups is 1. The lowest BCUT2D eigenvalue weighted by Gasteiger charge is -2.04. The number of nitriles is 1. The van der Waals surface area contributed by atoms with Crippen LogP contribution in [0.4, 0.5) is 5.69 Å². The summed E-state index contributed by atoms with van der Waals surface area (Å²) in [6.45, 7) is 1.82. The summed E-state index contributed by atoms with van der Waals surface area (Å²) in [5.41, 5.74) is 0.242. The van der Waals surface area contributed by atoms with E-state index in [1.54, 1.807) is 13.0 Å². The molecule has 19 heavy (non-hydrogen) atoms. The number of hydrogen-bond donors (Lipinski definition) is 0. The first kappa shape index (κ1) is 14.4. The van der Waals surface area contributed by atoms with Gasteiger partial charge in [-0.1, -0.05) is 12.1 Å². The Kier molecular flexibility index (Phi) is 5.23. The summed E-state index contributed by atoms with van der Waals surface area (Å²) >= 11 is 0. The number of ether oxygens (including phenoxy) is 1. The molecular formula is C13H12N2O4. The Balaban J connectivity index is 3.19. The normalized spacial score (nSPS) is 10.6. The quantitative estimate of drug-likeness (QED) is 0.351. The zero-order valence-corrected chi connectivity index (χ0v) is 10.3. The number of nitrogens with zero attached hydrogens (tertiary/aromatic N) is 2. The maximum absolute atomic E-state index is 11.6. The third-order valence-corrected chi connectivity index (χ3v) is 2.27. The van der Waals surface area contributed by atoms with Crippen LogP contribution in [0.15, 0.2) is 29.8 Å². The van der Waals surface area contributed by atoms with Gasteiger partial charge in [-0.15, -0.1) is 0 Å². The molecule has 0 atom stereocenters. The molecule has 98 valence electrons. The van der Waals surface area contributed by atoms with Crippen molar-refractivity contribution in [3.63, 3.8) is 0 Å². The van der Waals surface area contributed by atoms with E-state index in [9.17, 15) is 14.9 Å². The molecule has 0 radical (unpaired) electrons. The van der Waals surface area contributed by atoms with Crippen molar-refractivity contribution in [3.05, 3.63) is 45.5 Å². The van der Waals surface area contributed by atoms with Crippen LogP contribution >= 0.6 is 0 Å². The largest absolute Gasteiger partial charge is 0.463 e. The summed E-state index contributed by atoms with van der Waals surface area (Å²) in [7, 11) is 0. The van der Waals surface area contributed by atoms with Crippen molar-refractivity contribution < 1.29 is 14.5 Å². The van der Waals surface area contributed by atoms with Crippen LogP contribution in [0, 0.1) is 21.4 Å². The first-order valence-corrected chi connectivity index (χ1v) is 5.58. The Labute approximate surface area is 110 Å². The first-order chi connectivity index (χ1) is 9.10.